The van der Waals surface area contributed by atoms with E-state index in [0.29, 0.717) is 22.6 Å². The van der Waals surface area contributed by atoms with E-state index in [-0.39, 0.29) is 26.7 Å². The molecule has 1 N–H and O–H groups in total. The summed E-state index contributed by atoms with van der Waals surface area (Å²) in [6.07, 6.45) is 0. The van der Waals surface area contributed by atoms with E-state index in [2.05, 4.69) is 139 Å². The Balaban J connectivity index is 2.75. The van der Waals surface area contributed by atoms with Gasteiger partial charge in [0.1, 0.15) is 0 Å². The Bertz CT molecular complexity index is 879. The molecule has 0 aliphatic carbocycles. The van der Waals surface area contributed by atoms with Gasteiger partial charge in [0.05, 0.1) is 0 Å². The SMILES string of the molecule is CC(C)P(c1cc(C(C)(C)C)ccc1Nc1ccc(C(C)(C)C)cc1P(C(C)C)C(C)C)C(C)C. The van der Waals surface area contributed by atoms with Crippen molar-refractivity contribution in [3.8, 4) is 0 Å². The topological polar surface area (TPSA) is 12.0 Å². The fourth-order valence-electron chi connectivity index (χ4n) is 5.09. The van der Waals surface area contributed by atoms with Gasteiger partial charge in [-0.3, -0.25) is 0 Å². The summed E-state index contributed by atoms with van der Waals surface area (Å²) < 4.78 is 0. The van der Waals surface area contributed by atoms with Crippen molar-refractivity contribution >= 4 is 37.8 Å². The molecule has 35 heavy (non-hydrogen) atoms. The lowest BCUT2D eigenvalue weighted by atomic mass is 9.87. The van der Waals surface area contributed by atoms with Crippen LogP contribution >= 0.6 is 15.8 Å². The lowest BCUT2D eigenvalue weighted by molar-refractivity contribution is 0.590. The van der Waals surface area contributed by atoms with Crippen LogP contribution in [0.1, 0.15) is 108 Å². The van der Waals surface area contributed by atoms with Gasteiger partial charge in [0.25, 0.3) is 0 Å². The van der Waals surface area contributed by atoms with E-state index in [1.54, 1.807) is 0 Å². The molecular weight excluding hydrogens is 460 g/mol. The smallest absolute Gasteiger partial charge is 0.0462 e. The zero-order valence-corrected chi connectivity index (χ0v) is 27.0. The number of benzene rings is 2. The maximum absolute atomic E-state index is 4.01. The number of hydrogen-bond donors (Lipinski definition) is 1. The maximum atomic E-state index is 4.01. The molecule has 2 aromatic rings. The van der Waals surface area contributed by atoms with Crippen molar-refractivity contribution in [3.63, 3.8) is 0 Å². The second-order valence-corrected chi connectivity index (χ2v) is 20.0. The van der Waals surface area contributed by atoms with Crippen molar-refractivity contribution in [1.29, 1.82) is 0 Å². The molecule has 0 spiro atoms. The quantitative estimate of drug-likeness (QED) is 0.346. The van der Waals surface area contributed by atoms with Gasteiger partial charge in [-0.15, -0.1) is 0 Å². The third-order valence-electron chi connectivity index (χ3n) is 6.78. The Morgan fingerprint density at radius 3 is 1.03 bits per heavy atom. The summed E-state index contributed by atoms with van der Waals surface area (Å²) in [5, 5.41) is 7.07. The molecular formula is C32H53NP2. The van der Waals surface area contributed by atoms with E-state index in [4.69, 9.17) is 0 Å². The highest BCUT2D eigenvalue weighted by Crippen LogP contribution is 2.50. The van der Waals surface area contributed by atoms with Gasteiger partial charge >= 0.3 is 0 Å². The predicted molar refractivity (Wildman–Crippen MR) is 167 cm³/mol. The van der Waals surface area contributed by atoms with Crippen molar-refractivity contribution in [2.45, 2.75) is 130 Å². The molecule has 0 aromatic heterocycles. The largest absolute Gasteiger partial charge is 0.354 e. The van der Waals surface area contributed by atoms with Crippen molar-refractivity contribution < 1.29 is 0 Å². The first kappa shape index (κ1) is 30.3. The summed E-state index contributed by atoms with van der Waals surface area (Å²) in [5.41, 5.74) is 8.34. The first-order valence-corrected chi connectivity index (χ1v) is 16.5. The Kier molecular flexibility index (Phi) is 10.1. The lowest BCUT2D eigenvalue weighted by Crippen LogP contribution is -2.24. The maximum Gasteiger partial charge on any atom is 0.0462 e. The zero-order valence-electron chi connectivity index (χ0n) is 25.2. The second kappa shape index (κ2) is 11.7. The van der Waals surface area contributed by atoms with Gasteiger partial charge in [0, 0.05) is 22.0 Å². The molecule has 0 amide bonds. The van der Waals surface area contributed by atoms with Gasteiger partial charge in [-0.2, -0.15) is 0 Å². The number of rotatable bonds is 8. The second-order valence-electron chi connectivity index (χ2n) is 13.3. The van der Waals surface area contributed by atoms with Crippen LogP contribution in [0.15, 0.2) is 36.4 Å². The van der Waals surface area contributed by atoms with Crippen molar-refractivity contribution in [3.05, 3.63) is 47.5 Å². The Morgan fingerprint density at radius 1 is 0.514 bits per heavy atom. The Hall–Kier alpha value is -0.900. The monoisotopic (exact) mass is 513 g/mol. The number of nitrogens with one attached hydrogen (secondary N) is 1. The van der Waals surface area contributed by atoms with E-state index in [1.807, 2.05) is 0 Å². The third-order valence-corrected chi connectivity index (χ3v) is 13.1. The fourth-order valence-corrected chi connectivity index (χ4v) is 11.1. The van der Waals surface area contributed by atoms with Crippen LogP contribution in [0.25, 0.3) is 0 Å². The lowest BCUT2D eigenvalue weighted by Gasteiger charge is -2.33. The highest BCUT2D eigenvalue weighted by atomic mass is 31.1. The van der Waals surface area contributed by atoms with E-state index in [1.165, 1.54) is 33.1 Å². The summed E-state index contributed by atoms with van der Waals surface area (Å²) in [4.78, 5) is 0. The molecule has 0 saturated carbocycles. The van der Waals surface area contributed by atoms with Gasteiger partial charge < -0.3 is 5.32 Å². The van der Waals surface area contributed by atoms with E-state index in [0.717, 1.165) is 0 Å². The summed E-state index contributed by atoms with van der Waals surface area (Å²) in [6, 6.07) is 14.5. The van der Waals surface area contributed by atoms with Crippen molar-refractivity contribution in [1.82, 2.24) is 0 Å². The summed E-state index contributed by atoms with van der Waals surface area (Å²) in [5.74, 6) is 0. The van der Waals surface area contributed by atoms with Crippen LogP contribution in [-0.4, -0.2) is 22.6 Å². The van der Waals surface area contributed by atoms with Gasteiger partial charge in [-0.05, 0) is 68.9 Å². The average Bonchev–Trinajstić information content (AvgIpc) is 2.67. The van der Waals surface area contributed by atoms with E-state index < -0.39 is 0 Å². The molecule has 2 rings (SSSR count). The fraction of sp³-hybridized carbons (Fsp3) is 0.625. The zero-order chi connectivity index (χ0) is 26.9. The van der Waals surface area contributed by atoms with Crippen molar-refractivity contribution in [2.24, 2.45) is 0 Å². The van der Waals surface area contributed by atoms with E-state index in [9.17, 15) is 0 Å². The van der Waals surface area contributed by atoms with Crippen LogP contribution in [-0.2, 0) is 10.8 Å². The highest BCUT2D eigenvalue weighted by Gasteiger charge is 2.27. The molecule has 0 atom stereocenters. The minimum atomic E-state index is -0.286. The average molecular weight is 514 g/mol. The van der Waals surface area contributed by atoms with Crippen LogP contribution in [0.2, 0.25) is 0 Å². The third kappa shape index (κ3) is 7.55. The number of anilines is 2. The summed E-state index contributed by atoms with van der Waals surface area (Å²) >= 11 is 0. The molecule has 0 fully saturated rings. The van der Waals surface area contributed by atoms with Crippen LogP contribution in [0.4, 0.5) is 11.4 Å². The van der Waals surface area contributed by atoms with Crippen LogP contribution < -0.4 is 15.9 Å². The normalized spacial score (nSPS) is 13.3. The first-order valence-electron chi connectivity index (χ1n) is 13.6. The molecule has 0 heterocycles. The molecule has 0 saturated heterocycles. The Labute approximate surface area is 220 Å². The molecule has 0 aliphatic rings. The molecule has 3 heteroatoms. The molecule has 0 radical (unpaired) electrons. The van der Waals surface area contributed by atoms with Crippen LogP contribution in [0.3, 0.4) is 0 Å². The van der Waals surface area contributed by atoms with Gasteiger partial charge in [0.15, 0.2) is 0 Å². The van der Waals surface area contributed by atoms with Gasteiger partial charge in [-0.25, -0.2) is 0 Å². The minimum absolute atomic E-state index is 0.144. The molecule has 196 valence electrons. The predicted octanol–water partition coefficient (Wildman–Crippen LogP) is 9.87. The summed E-state index contributed by atoms with van der Waals surface area (Å²) in [6.45, 7) is 33.2. The van der Waals surface area contributed by atoms with Gasteiger partial charge in [-0.1, -0.05) is 125 Å². The molecule has 0 unspecified atom stereocenters. The standard InChI is InChI=1S/C32H53NP2/c1-21(2)34(22(3)4)29-19-25(31(9,10)11)15-17-27(29)33-28-18-16-26(32(12,13)14)20-30(28)35(23(5)6)24(7)8/h15-24,33H,1-14H3. The van der Waals surface area contributed by atoms with Gasteiger partial charge in [0.2, 0.25) is 0 Å². The van der Waals surface area contributed by atoms with Crippen LogP contribution in [0, 0.1) is 0 Å². The van der Waals surface area contributed by atoms with Crippen molar-refractivity contribution in [2.75, 3.05) is 5.32 Å². The van der Waals surface area contributed by atoms with Crippen LogP contribution in [0.5, 0.6) is 0 Å². The van der Waals surface area contributed by atoms with E-state index >= 15 is 0 Å². The summed E-state index contributed by atoms with van der Waals surface area (Å²) in [7, 11) is -0.572. The number of hydrogen-bond acceptors (Lipinski definition) is 1. The molecule has 2 aromatic carbocycles. The highest BCUT2D eigenvalue weighted by molar-refractivity contribution is 7.67. The first-order chi connectivity index (χ1) is 15.9. The molecule has 0 bridgehead atoms. The Morgan fingerprint density at radius 2 is 0.800 bits per heavy atom. The molecule has 0 aliphatic heterocycles. The minimum Gasteiger partial charge on any atom is -0.354 e. The molecule has 1 nitrogen and oxygen atoms in total.